The number of hydrogen-bond donors (Lipinski definition) is 1. The van der Waals surface area contributed by atoms with E-state index in [0.717, 1.165) is 19.5 Å². The average Bonchev–Trinajstić information content (AvgIpc) is 2.28. The molecule has 0 aromatic heterocycles. The van der Waals surface area contributed by atoms with Crippen LogP contribution in [0, 0.1) is 12.3 Å². The molecule has 0 aromatic rings. The van der Waals surface area contributed by atoms with Crippen molar-refractivity contribution in [2.75, 3.05) is 26.2 Å². The Bertz CT molecular complexity index is 230. The fraction of sp³-hybridized carbons (Fsp3) is 0.846. The Balaban J connectivity index is 1.88. The predicted molar refractivity (Wildman–Crippen MR) is 63.7 cm³/mol. The first kappa shape index (κ1) is 11.0. The van der Waals surface area contributed by atoms with Gasteiger partial charge in [0.15, 0.2) is 0 Å². The second-order valence-electron chi connectivity index (χ2n) is 5.00. The molecule has 0 unspecified atom stereocenters. The second-order valence-corrected chi connectivity index (χ2v) is 5.00. The van der Waals surface area contributed by atoms with E-state index in [9.17, 15) is 0 Å². The third-order valence-corrected chi connectivity index (χ3v) is 3.84. The lowest BCUT2D eigenvalue weighted by molar-refractivity contribution is 0.101. The summed E-state index contributed by atoms with van der Waals surface area (Å²) in [7, 11) is 0. The van der Waals surface area contributed by atoms with Crippen molar-refractivity contribution in [1.29, 1.82) is 0 Å². The van der Waals surface area contributed by atoms with Gasteiger partial charge in [-0.1, -0.05) is 19.3 Å². The molecule has 1 saturated carbocycles. The zero-order chi connectivity index (χ0) is 10.6. The van der Waals surface area contributed by atoms with E-state index in [-0.39, 0.29) is 0 Å². The Morgan fingerprint density at radius 1 is 1.27 bits per heavy atom. The van der Waals surface area contributed by atoms with Crippen molar-refractivity contribution in [3.8, 4) is 12.3 Å². The summed E-state index contributed by atoms with van der Waals surface area (Å²) in [5, 5.41) is 3.75. The molecule has 0 radical (unpaired) electrons. The van der Waals surface area contributed by atoms with Crippen molar-refractivity contribution in [3.05, 3.63) is 0 Å². The van der Waals surface area contributed by atoms with Crippen molar-refractivity contribution in [2.45, 2.75) is 44.1 Å². The molecule has 2 rings (SSSR count). The van der Waals surface area contributed by atoms with E-state index in [1.807, 2.05) is 0 Å². The van der Waals surface area contributed by atoms with E-state index in [4.69, 9.17) is 6.42 Å². The minimum Gasteiger partial charge on any atom is -0.309 e. The third-order valence-electron chi connectivity index (χ3n) is 3.84. The highest BCUT2D eigenvalue weighted by molar-refractivity contribution is 4.97. The number of nitrogens with one attached hydrogen (secondary N) is 1. The van der Waals surface area contributed by atoms with Crippen molar-refractivity contribution in [3.63, 3.8) is 0 Å². The normalized spacial score (nSPS) is 26.3. The summed E-state index contributed by atoms with van der Waals surface area (Å²) in [4.78, 5) is 2.54. The maximum Gasteiger partial charge on any atom is 0.0309 e. The summed E-state index contributed by atoms with van der Waals surface area (Å²) >= 11 is 0. The minimum absolute atomic E-state index is 0.436. The van der Waals surface area contributed by atoms with Crippen LogP contribution in [0.1, 0.15) is 38.5 Å². The van der Waals surface area contributed by atoms with Crippen LogP contribution in [0.3, 0.4) is 0 Å². The quantitative estimate of drug-likeness (QED) is 0.691. The number of nitrogens with zero attached hydrogens (tertiary/aromatic N) is 1. The topological polar surface area (TPSA) is 15.3 Å². The zero-order valence-electron chi connectivity index (χ0n) is 9.60. The first-order valence-corrected chi connectivity index (χ1v) is 6.26. The van der Waals surface area contributed by atoms with Gasteiger partial charge in [0.05, 0.1) is 0 Å². The molecule has 2 aliphatic rings. The van der Waals surface area contributed by atoms with Gasteiger partial charge in [-0.05, 0) is 12.8 Å². The number of terminal acetylenes is 1. The monoisotopic (exact) mass is 206 g/mol. The second kappa shape index (κ2) is 5.01. The molecule has 0 bridgehead atoms. The van der Waals surface area contributed by atoms with Crippen LogP contribution in [0.15, 0.2) is 0 Å². The van der Waals surface area contributed by atoms with Crippen LogP contribution in [0.2, 0.25) is 0 Å². The average molecular weight is 206 g/mol. The molecule has 1 aliphatic carbocycles. The SMILES string of the molecule is C#CCCN1CCNC2(CCCCC2)C1. The fourth-order valence-electron chi connectivity index (χ4n) is 3.02. The van der Waals surface area contributed by atoms with Crippen LogP contribution in [0.5, 0.6) is 0 Å². The van der Waals surface area contributed by atoms with Gasteiger partial charge in [0.2, 0.25) is 0 Å². The molecule has 2 nitrogen and oxygen atoms in total. The van der Waals surface area contributed by atoms with Crippen molar-refractivity contribution in [2.24, 2.45) is 0 Å². The number of hydrogen-bond acceptors (Lipinski definition) is 2. The summed E-state index contributed by atoms with van der Waals surface area (Å²) in [6.45, 7) is 4.61. The lowest BCUT2D eigenvalue weighted by atomic mass is 9.80. The van der Waals surface area contributed by atoms with E-state index < -0.39 is 0 Å². The number of piperazine rings is 1. The van der Waals surface area contributed by atoms with Crippen LogP contribution >= 0.6 is 0 Å². The molecule has 0 amide bonds. The van der Waals surface area contributed by atoms with E-state index >= 15 is 0 Å². The van der Waals surface area contributed by atoms with E-state index in [2.05, 4.69) is 16.1 Å². The molecule has 2 fully saturated rings. The lowest BCUT2D eigenvalue weighted by Gasteiger charge is -2.46. The zero-order valence-corrected chi connectivity index (χ0v) is 9.60. The molecule has 15 heavy (non-hydrogen) atoms. The summed E-state index contributed by atoms with van der Waals surface area (Å²) in [6, 6.07) is 0. The van der Waals surface area contributed by atoms with Gasteiger partial charge in [-0.15, -0.1) is 12.3 Å². The molecule has 2 heteroatoms. The molecule has 0 atom stereocenters. The maximum absolute atomic E-state index is 5.32. The van der Waals surface area contributed by atoms with Crippen LogP contribution in [0.25, 0.3) is 0 Å². The molecule has 1 heterocycles. The molecular formula is C13H22N2. The van der Waals surface area contributed by atoms with Gasteiger partial charge in [0, 0.05) is 38.1 Å². The Morgan fingerprint density at radius 3 is 2.80 bits per heavy atom. The molecule has 1 spiro atoms. The van der Waals surface area contributed by atoms with Crippen LogP contribution in [-0.4, -0.2) is 36.6 Å². The van der Waals surface area contributed by atoms with Gasteiger partial charge >= 0.3 is 0 Å². The summed E-state index contributed by atoms with van der Waals surface area (Å²) in [6.07, 6.45) is 13.2. The lowest BCUT2D eigenvalue weighted by Crippen LogP contribution is -2.61. The summed E-state index contributed by atoms with van der Waals surface area (Å²) in [5.74, 6) is 2.74. The first-order valence-electron chi connectivity index (χ1n) is 6.26. The smallest absolute Gasteiger partial charge is 0.0309 e. The van der Waals surface area contributed by atoms with E-state index in [1.54, 1.807) is 0 Å². The highest BCUT2D eigenvalue weighted by Crippen LogP contribution is 2.30. The van der Waals surface area contributed by atoms with Crippen molar-refractivity contribution in [1.82, 2.24) is 10.2 Å². The van der Waals surface area contributed by atoms with Crippen LogP contribution < -0.4 is 5.32 Å². The highest BCUT2D eigenvalue weighted by Gasteiger charge is 2.35. The Labute approximate surface area is 93.4 Å². The Morgan fingerprint density at radius 2 is 2.07 bits per heavy atom. The van der Waals surface area contributed by atoms with Gasteiger partial charge < -0.3 is 5.32 Å². The summed E-state index contributed by atoms with van der Waals surface area (Å²) < 4.78 is 0. The molecule has 84 valence electrons. The third kappa shape index (κ3) is 2.74. The summed E-state index contributed by atoms with van der Waals surface area (Å²) in [5.41, 5.74) is 0.436. The molecule has 1 N–H and O–H groups in total. The van der Waals surface area contributed by atoms with Crippen LogP contribution in [-0.2, 0) is 0 Å². The maximum atomic E-state index is 5.32. The molecular weight excluding hydrogens is 184 g/mol. The van der Waals surface area contributed by atoms with Crippen LogP contribution in [0.4, 0.5) is 0 Å². The molecule has 1 saturated heterocycles. The van der Waals surface area contributed by atoms with E-state index in [1.165, 1.54) is 45.2 Å². The highest BCUT2D eigenvalue weighted by atomic mass is 15.2. The molecule has 1 aliphatic heterocycles. The van der Waals surface area contributed by atoms with Gasteiger partial charge in [0.25, 0.3) is 0 Å². The number of rotatable bonds is 2. The first-order chi connectivity index (χ1) is 7.35. The fourth-order valence-corrected chi connectivity index (χ4v) is 3.02. The Kier molecular flexibility index (Phi) is 3.66. The molecule has 0 aromatic carbocycles. The standard InChI is InChI=1S/C13H22N2/c1-2-3-10-15-11-9-14-13(12-15)7-5-4-6-8-13/h1,14H,3-12H2. The van der Waals surface area contributed by atoms with Crippen molar-refractivity contribution >= 4 is 0 Å². The van der Waals surface area contributed by atoms with Gasteiger partial charge in [-0.2, -0.15) is 0 Å². The van der Waals surface area contributed by atoms with Gasteiger partial charge in [0.1, 0.15) is 0 Å². The van der Waals surface area contributed by atoms with Gasteiger partial charge in [-0.3, -0.25) is 4.90 Å². The van der Waals surface area contributed by atoms with Crippen molar-refractivity contribution < 1.29 is 0 Å². The Hall–Kier alpha value is -0.520. The largest absolute Gasteiger partial charge is 0.309 e. The van der Waals surface area contributed by atoms with Gasteiger partial charge in [-0.25, -0.2) is 0 Å². The van der Waals surface area contributed by atoms with E-state index in [0.29, 0.717) is 5.54 Å². The minimum atomic E-state index is 0.436. The predicted octanol–water partition coefficient (Wildman–Crippen LogP) is 1.62.